The minimum atomic E-state index is -0.451. The van der Waals surface area contributed by atoms with Crippen molar-refractivity contribution in [1.82, 2.24) is 0 Å². The van der Waals surface area contributed by atoms with E-state index in [1.807, 2.05) is 11.4 Å². The summed E-state index contributed by atoms with van der Waals surface area (Å²) in [7, 11) is 0. The van der Waals surface area contributed by atoms with Crippen LogP contribution in [0.3, 0.4) is 0 Å². The fourth-order valence-corrected chi connectivity index (χ4v) is 2.97. The number of nitro groups is 1. The third-order valence-electron chi connectivity index (χ3n) is 2.44. The van der Waals surface area contributed by atoms with Gasteiger partial charge < -0.3 is 10.7 Å². The van der Waals surface area contributed by atoms with Crippen LogP contribution in [0.4, 0.5) is 17.1 Å². The maximum absolute atomic E-state index is 10.8. The molecule has 4 N–H and O–H groups in total. The van der Waals surface area contributed by atoms with Crippen LogP contribution in [0.15, 0.2) is 34.1 Å². The summed E-state index contributed by atoms with van der Waals surface area (Å²) >= 11 is 5.04. The van der Waals surface area contributed by atoms with E-state index in [1.54, 1.807) is 17.4 Å². The third-order valence-corrected chi connectivity index (χ3v) is 4.37. The number of thiophene rings is 1. The number of non-ortho nitro benzene ring substituents is 1. The first-order valence-electron chi connectivity index (χ1n) is 5.32. The molecule has 0 amide bonds. The number of rotatable bonds is 5. The Morgan fingerprint density at radius 2 is 2.11 bits per heavy atom. The van der Waals surface area contributed by atoms with Crippen molar-refractivity contribution in [2.24, 2.45) is 5.84 Å². The van der Waals surface area contributed by atoms with Gasteiger partial charge in [-0.25, -0.2) is 0 Å². The Morgan fingerprint density at radius 3 is 2.68 bits per heavy atom. The molecule has 2 aromatic rings. The topological polar surface area (TPSA) is 93.2 Å². The Morgan fingerprint density at radius 1 is 1.37 bits per heavy atom. The van der Waals surface area contributed by atoms with Crippen LogP contribution in [-0.4, -0.2) is 4.92 Å². The van der Waals surface area contributed by atoms with Crippen molar-refractivity contribution in [1.29, 1.82) is 0 Å². The average molecular weight is 343 g/mol. The average Bonchev–Trinajstić information content (AvgIpc) is 2.81. The number of halogens is 1. The maximum atomic E-state index is 10.8. The van der Waals surface area contributed by atoms with Gasteiger partial charge in [0.1, 0.15) is 0 Å². The molecule has 0 fully saturated rings. The molecule has 2 rings (SSSR count). The first kappa shape index (κ1) is 13.8. The highest BCUT2D eigenvalue weighted by molar-refractivity contribution is 9.10. The zero-order valence-electron chi connectivity index (χ0n) is 9.72. The van der Waals surface area contributed by atoms with Gasteiger partial charge in [0.15, 0.2) is 0 Å². The van der Waals surface area contributed by atoms with Gasteiger partial charge >= 0.3 is 0 Å². The van der Waals surface area contributed by atoms with E-state index in [9.17, 15) is 10.1 Å². The molecular weight excluding hydrogens is 332 g/mol. The first-order valence-corrected chi connectivity index (χ1v) is 6.99. The van der Waals surface area contributed by atoms with Crippen molar-refractivity contribution >= 4 is 44.3 Å². The molecule has 0 unspecified atom stereocenters. The predicted octanol–water partition coefficient (Wildman–Crippen LogP) is 3.32. The molecule has 100 valence electrons. The zero-order chi connectivity index (χ0) is 13.8. The Hall–Kier alpha value is -1.64. The highest BCUT2D eigenvalue weighted by atomic mass is 79.9. The third kappa shape index (κ3) is 3.43. The van der Waals surface area contributed by atoms with Crippen LogP contribution in [0.25, 0.3) is 0 Å². The lowest BCUT2D eigenvalue weighted by Gasteiger charge is -2.08. The van der Waals surface area contributed by atoms with E-state index in [2.05, 4.69) is 26.7 Å². The smallest absolute Gasteiger partial charge is 0.273 e. The molecule has 0 saturated heterocycles. The van der Waals surface area contributed by atoms with Gasteiger partial charge in [-0.3, -0.25) is 16.0 Å². The van der Waals surface area contributed by atoms with Gasteiger partial charge in [-0.2, -0.15) is 0 Å². The van der Waals surface area contributed by atoms with Crippen molar-refractivity contribution in [3.8, 4) is 0 Å². The lowest BCUT2D eigenvalue weighted by atomic mass is 10.2. The largest absolute Gasteiger partial charge is 0.380 e. The monoisotopic (exact) mass is 342 g/mol. The second-order valence-electron chi connectivity index (χ2n) is 3.72. The van der Waals surface area contributed by atoms with Crippen molar-refractivity contribution in [3.05, 3.63) is 49.1 Å². The lowest BCUT2D eigenvalue weighted by molar-refractivity contribution is -0.384. The van der Waals surface area contributed by atoms with Crippen LogP contribution < -0.4 is 16.6 Å². The molecule has 0 radical (unpaired) electrons. The van der Waals surface area contributed by atoms with Gasteiger partial charge in [-0.1, -0.05) is 0 Å². The van der Waals surface area contributed by atoms with Crippen LogP contribution in [-0.2, 0) is 6.54 Å². The summed E-state index contributed by atoms with van der Waals surface area (Å²) in [6.45, 7) is 0.587. The molecular formula is C11H11BrN4O2S. The molecule has 19 heavy (non-hydrogen) atoms. The molecule has 6 nitrogen and oxygen atoms in total. The molecule has 0 aliphatic rings. The Kier molecular flexibility index (Phi) is 4.35. The van der Waals surface area contributed by atoms with Crippen molar-refractivity contribution in [2.45, 2.75) is 6.54 Å². The molecule has 0 aliphatic carbocycles. The lowest BCUT2D eigenvalue weighted by Crippen LogP contribution is -2.08. The number of benzene rings is 1. The van der Waals surface area contributed by atoms with Crippen LogP contribution in [0, 0.1) is 10.1 Å². The van der Waals surface area contributed by atoms with Crippen molar-refractivity contribution in [2.75, 3.05) is 10.7 Å². The number of hydrogen-bond acceptors (Lipinski definition) is 6. The molecule has 1 aromatic carbocycles. The molecule has 0 bridgehead atoms. The van der Waals surface area contributed by atoms with E-state index in [4.69, 9.17) is 5.84 Å². The molecule has 0 saturated carbocycles. The summed E-state index contributed by atoms with van der Waals surface area (Å²) < 4.78 is 1.02. The number of nitro benzene ring substituents is 1. The standard InChI is InChI=1S/C11H11BrN4O2S/c12-10-1-2-19-11(10)6-14-7-3-8(15-13)5-9(4-7)16(17)18/h1-5,14-15H,6,13H2. The maximum Gasteiger partial charge on any atom is 0.273 e. The minimum Gasteiger partial charge on any atom is -0.380 e. The Labute approximate surface area is 121 Å². The molecule has 1 heterocycles. The SMILES string of the molecule is NNc1cc(NCc2sccc2Br)cc([N+](=O)[O-])c1. The van der Waals surface area contributed by atoms with Gasteiger partial charge in [-0.05, 0) is 33.4 Å². The second kappa shape index (κ2) is 6.00. The highest BCUT2D eigenvalue weighted by Crippen LogP contribution is 2.27. The summed E-state index contributed by atoms with van der Waals surface area (Å²) in [5.74, 6) is 5.30. The highest BCUT2D eigenvalue weighted by Gasteiger charge is 2.10. The van der Waals surface area contributed by atoms with E-state index in [0.717, 1.165) is 9.35 Å². The van der Waals surface area contributed by atoms with E-state index < -0.39 is 4.92 Å². The number of hydrogen-bond donors (Lipinski definition) is 3. The number of nitrogens with zero attached hydrogens (tertiary/aromatic N) is 1. The number of nitrogen functional groups attached to an aromatic ring is 1. The normalized spacial score (nSPS) is 10.2. The number of hydrazine groups is 1. The predicted molar refractivity (Wildman–Crippen MR) is 80.3 cm³/mol. The minimum absolute atomic E-state index is 0.0109. The van der Waals surface area contributed by atoms with Gasteiger partial charge in [0.05, 0.1) is 17.2 Å². The van der Waals surface area contributed by atoms with Crippen molar-refractivity contribution < 1.29 is 4.92 Å². The molecule has 0 spiro atoms. The first-order chi connectivity index (χ1) is 9.10. The summed E-state index contributed by atoms with van der Waals surface area (Å²) in [6.07, 6.45) is 0. The Bertz CT molecular complexity index is 602. The number of nitrogens with one attached hydrogen (secondary N) is 2. The van der Waals surface area contributed by atoms with Gasteiger partial charge in [0.25, 0.3) is 5.69 Å². The van der Waals surface area contributed by atoms with Crippen molar-refractivity contribution in [3.63, 3.8) is 0 Å². The number of nitrogens with two attached hydrogens (primary N) is 1. The molecule has 0 aliphatic heterocycles. The van der Waals surface area contributed by atoms with E-state index >= 15 is 0 Å². The summed E-state index contributed by atoms with van der Waals surface area (Å²) in [5.41, 5.74) is 3.53. The van der Waals surface area contributed by atoms with E-state index in [0.29, 0.717) is 17.9 Å². The molecule has 1 aromatic heterocycles. The van der Waals surface area contributed by atoms with E-state index in [1.165, 1.54) is 12.1 Å². The van der Waals surface area contributed by atoms with Crippen LogP contribution in [0.2, 0.25) is 0 Å². The molecule has 8 heteroatoms. The summed E-state index contributed by atoms with van der Waals surface area (Å²) in [4.78, 5) is 11.5. The molecule has 0 atom stereocenters. The van der Waals surface area contributed by atoms with Crippen LogP contribution in [0.1, 0.15) is 4.88 Å². The van der Waals surface area contributed by atoms with Gasteiger partial charge in [0.2, 0.25) is 0 Å². The summed E-state index contributed by atoms with van der Waals surface area (Å²) in [6, 6.07) is 6.53. The second-order valence-corrected chi connectivity index (χ2v) is 5.57. The van der Waals surface area contributed by atoms with Crippen LogP contribution >= 0.6 is 27.3 Å². The zero-order valence-corrected chi connectivity index (χ0v) is 12.1. The Balaban J connectivity index is 2.17. The fraction of sp³-hybridized carbons (Fsp3) is 0.0909. The summed E-state index contributed by atoms with van der Waals surface area (Å²) in [5, 5.41) is 15.9. The van der Waals surface area contributed by atoms with E-state index in [-0.39, 0.29) is 5.69 Å². The fourth-order valence-electron chi connectivity index (χ4n) is 1.54. The van der Waals surface area contributed by atoms with Gasteiger partial charge in [-0.15, -0.1) is 11.3 Å². The quantitative estimate of drug-likeness (QED) is 0.440. The van der Waals surface area contributed by atoms with Gasteiger partial charge in [0, 0.05) is 27.2 Å². The number of anilines is 2. The van der Waals surface area contributed by atoms with Crippen LogP contribution in [0.5, 0.6) is 0 Å².